The van der Waals surface area contributed by atoms with E-state index in [0.717, 1.165) is 11.3 Å². The van der Waals surface area contributed by atoms with Crippen molar-refractivity contribution in [2.45, 2.75) is 6.92 Å². The minimum absolute atomic E-state index is 0.0686. The van der Waals surface area contributed by atoms with Crippen LogP contribution >= 0.6 is 0 Å². The van der Waals surface area contributed by atoms with Gasteiger partial charge in [-0.2, -0.15) is 9.98 Å². The first-order valence-electron chi connectivity index (χ1n) is 4.79. The van der Waals surface area contributed by atoms with E-state index >= 15 is 0 Å². The fraction of sp³-hybridized carbons (Fsp3) is 0.0909. The van der Waals surface area contributed by atoms with Crippen LogP contribution < -0.4 is 11.5 Å². The van der Waals surface area contributed by atoms with E-state index in [1.165, 1.54) is 0 Å². The summed E-state index contributed by atoms with van der Waals surface area (Å²) in [6.45, 7) is 1.82. The van der Waals surface area contributed by atoms with Crippen LogP contribution in [0.3, 0.4) is 0 Å². The summed E-state index contributed by atoms with van der Waals surface area (Å²) >= 11 is 0. The molecular weight excluding hydrogens is 204 g/mol. The first-order valence-corrected chi connectivity index (χ1v) is 4.79. The quantitative estimate of drug-likeness (QED) is 0.588. The molecule has 0 aliphatic rings. The largest absolute Gasteiger partial charge is 0.427 e. The van der Waals surface area contributed by atoms with Crippen molar-refractivity contribution in [1.29, 1.82) is 0 Å². The van der Waals surface area contributed by atoms with Crippen LogP contribution in [0.4, 0.5) is 6.01 Å². The normalized spacial score (nSPS) is 10.1. The zero-order valence-corrected chi connectivity index (χ0v) is 8.84. The molecule has 5 nitrogen and oxygen atoms in total. The molecule has 0 radical (unpaired) electrons. The van der Waals surface area contributed by atoms with Crippen LogP contribution in [-0.4, -0.2) is 10.9 Å². The Bertz CT molecular complexity index is 512. The highest BCUT2D eigenvalue weighted by atomic mass is 16.4. The molecular formula is C11H12N4O. The Hall–Kier alpha value is -2.30. The minimum Gasteiger partial charge on any atom is -0.427 e. The zero-order valence-electron chi connectivity index (χ0n) is 8.84. The summed E-state index contributed by atoms with van der Waals surface area (Å²) in [7, 11) is 0. The van der Waals surface area contributed by atoms with Crippen LogP contribution in [-0.2, 0) is 0 Å². The molecule has 4 N–H and O–H groups in total. The van der Waals surface area contributed by atoms with Crippen molar-refractivity contribution in [2.24, 2.45) is 16.5 Å². The highest BCUT2D eigenvalue weighted by Crippen LogP contribution is 2.26. The summed E-state index contributed by atoms with van der Waals surface area (Å²) in [5.74, 6) is 0.618. The zero-order chi connectivity index (χ0) is 11.5. The number of aromatic nitrogens is 1. The van der Waals surface area contributed by atoms with Gasteiger partial charge < -0.3 is 15.9 Å². The summed E-state index contributed by atoms with van der Waals surface area (Å²) in [4.78, 5) is 7.97. The fourth-order valence-corrected chi connectivity index (χ4v) is 1.40. The molecule has 0 spiro atoms. The van der Waals surface area contributed by atoms with Crippen molar-refractivity contribution >= 4 is 12.0 Å². The molecule has 0 aliphatic carbocycles. The lowest BCUT2D eigenvalue weighted by molar-refractivity contribution is 0.539. The standard InChI is InChI=1S/C11H12N4O/c1-7-9(8-5-3-2-4-6-8)14-11(16-7)15-10(12)13/h2-6H,1H3,(H4,12,13,14,15). The fourth-order valence-electron chi connectivity index (χ4n) is 1.40. The Morgan fingerprint density at radius 3 is 2.56 bits per heavy atom. The Labute approximate surface area is 92.8 Å². The van der Waals surface area contributed by atoms with Crippen LogP contribution in [0, 0.1) is 6.92 Å². The smallest absolute Gasteiger partial charge is 0.325 e. The number of aliphatic imine (C=N–C) groups is 1. The third-order valence-electron chi connectivity index (χ3n) is 2.06. The number of hydrogen-bond acceptors (Lipinski definition) is 3. The maximum atomic E-state index is 5.32. The van der Waals surface area contributed by atoms with Gasteiger partial charge in [0.1, 0.15) is 11.5 Å². The Kier molecular flexibility index (Phi) is 2.59. The third kappa shape index (κ3) is 2.03. The van der Waals surface area contributed by atoms with Crippen molar-refractivity contribution in [1.82, 2.24) is 4.98 Å². The van der Waals surface area contributed by atoms with Gasteiger partial charge in [-0.3, -0.25) is 0 Å². The lowest BCUT2D eigenvalue weighted by Gasteiger charge is -1.94. The molecule has 0 aliphatic heterocycles. The van der Waals surface area contributed by atoms with Gasteiger partial charge in [-0.05, 0) is 6.92 Å². The predicted octanol–water partition coefficient (Wildman–Crippen LogP) is 1.55. The molecule has 0 bridgehead atoms. The van der Waals surface area contributed by atoms with E-state index in [4.69, 9.17) is 15.9 Å². The summed E-state index contributed by atoms with van der Waals surface area (Å²) in [6.07, 6.45) is 0. The van der Waals surface area contributed by atoms with Crippen molar-refractivity contribution in [2.75, 3.05) is 0 Å². The summed E-state index contributed by atoms with van der Waals surface area (Å²) in [5, 5.41) is 0. The molecule has 0 fully saturated rings. The van der Waals surface area contributed by atoms with Gasteiger partial charge in [-0.1, -0.05) is 30.3 Å². The van der Waals surface area contributed by atoms with Gasteiger partial charge in [0.25, 0.3) is 0 Å². The first kappa shape index (κ1) is 10.2. The van der Waals surface area contributed by atoms with Gasteiger partial charge in [0.05, 0.1) is 0 Å². The predicted molar refractivity (Wildman–Crippen MR) is 62.1 cm³/mol. The van der Waals surface area contributed by atoms with Gasteiger partial charge in [-0.15, -0.1) is 0 Å². The summed E-state index contributed by atoms with van der Waals surface area (Å²) in [6, 6.07) is 9.88. The number of guanidine groups is 1. The minimum atomic E-state index is -0.0686. The van der Waals surface area contributed by atoms with Gasteiger partial charge >= 0.3 is 6.01 Å². The van der Waals surface area contributed by atoms with Crippen molar-refractivity contribution < 1.29 is 4.42 Å². The number of hydrogen-bond donors (Lipinski definition) is 2. The first-order chi connectivity index (χ1) is 7.66. The maximum absolute atomic E-state index is 5.32. The SMILES string of the molecule is Cc1oc(N=C(N)N)nc1-c1ccccc1. The van der Waals surface area contributed by atoms with Crippen LogP contribution in [0.25, 0.3) is 11.3 Å². The number of benzene rings is 1. The highest BCUT2D eigenvalue weighted by Gasteiger charge is 2.10. The van der Waals surface area contributed by atoms with E-state index in [-0.39, 0.29) is 12.0 Å². The molecule has 0 amide bonds. The second kappa shape index (κ2) is 4.06. The molecule has 1 aromatic heterocycles. The molecule has 1 aromatic carbocycles. The second-order valence-corrected chi connectivity index (χ2v) is 3.30. The van der Waals surface area contributed by atoms with E-state index < -0.39 is 0 Å². The number of nitrogens with two attached hydrogens (primary N) is 2. The van der Waals surface area contributed by atoms with Crippen LogP contribution in [0.1, 0.15) is 5.76 Å². The highest BCUT2D eigenvalue weighted by molar-refractivity contribution is 5.78. The van der Waals surface area contributed by atoms with Crippen LogP contribution in [0.5, 0.6) is 0 Å². The molecule has 16 heavy (non-hydrogen) atoms. The molecule has 82 valence electrons. The van der Waals surface area contributed by atoms with E-state index in [1.54, 1.807) is 0 Å². The van der Waals surface area contributed by atoms with Gasteiger partial charge in [-0.25, -0.2) is 0 Å². The molecule has 0 atom stereocenters. The molecule has 0 unspecified atom stereocenters. The van der Waals surface area contributed by atoms with Crippen molar-refractivity contribution in [3.8, 4) is 11.3 Å². The van der Waals surface area contributed by atoms with Crippen LogP contribution in [0.2, 0.25) is 0 Å². The summed E-state index contributed by atoms with van der Waals surface area (Å²) in [5.41, 5.74) is 12.2. The molecule has 0 saturated heterocycles. The average molecular weight is 216 g/mol. The van der Waals surface area contributed by atoms with Crippen LogP contribution in [0.15, 0.2) is 39.7 Å². The van der Waals surface area contributed by atoms with Crippen molar-refractivity contribution in [3.63, 3.8) is 0 Å². The molecule has 0 saturated carbocycles. The topological polar surface area (TPSA) is 90.4 Å². The lowest BCUT2D eigenvalue weighted by atomic mass is 10.1. The number of rotatable bonds is 2. The second-order valence-electron chi connectivity index (χ2n) is 3.30. The molecule has 2 aromatic rings. The number of oxazole rings is 1. The Morgan fingerprint density at radius 1 is 1.25 bits per heavy atom. The average Bonchev–Trinajstić information content (AvgIpc) is 2.60. The number of nitrogens with zero attached hydrogens (tertiary/aromatic N) is 2. The molecule has 1 heterocycles. The van der Waals surface area contributed by atoms with E-state index in [1.807, 2.05) is 37.3 Å². The summed E-state index contributed by atoms with van der Waals surface area (Å²) < 4.78 is 5.32. The van der Waals surface area contributed by atoms with E-state index in [9.17, 15) is 0 Å². The lowest BCUT2D eigenvalue weighted by Crippen LogP contribution is -2.21. The monoisotopic (exact) mass is 216 g/mol. The molecule has 5 heteroatoms. The van der Waals surface area contributed by atoms with Gasteiger partial charge in [0, 0.05) is 5.56 Å². The number of aryl methyl sites for hydroxylation is 1. The third-order valence-corrected chi connectivity index (χ3v) is 2.06. The van der Waals surface area contributed by atoms with E-state index in [0.29, 0.717) is 5.76 Å². The van der Waals surface area contributed by atoms with Gasteiger partial charge in [0.2, 0.25) is 0 Å². The Morgan fingerprint density at radius 2 is 1.94 bits per heavy atom. The van der Waals surface area contributed by atoms with Gasteiger partial charge in [0.15, 0.2) is 5.96 Å². The molecule has 2 rings (SSSR count). The van der Waals surface area contributed by atoms with E-state index in [2.05, 4.69) is 9.98 Å². The van der Waals surface area contributed by atoms with Crippen molar-refractivity contribution in [3.05, 3.63) is 36.1 Å². The maximum Gasteiger partial charge on any atom is 0.325 e. The Balaban J connectivity index is 2.44.